The molecule has 0 saturated carbocycles. The highest BCUT2D eigenvalue weighted by atomic mass is 16.5. The monoisotopic (exact) mass is 268 g/mol. The van der Waals surface area contributed by atoms with Gasteiger partial charge in [-0.05, 0) is 59.0 Å². The quantitative estimate of drug-likeness (QED) is 0.750. The predicted molar refractivity (Wildman–Crippen MR) is 80.6 cm³/mol. The molecule has 0 aromatic rings. The van der Waals surface area contributed by atoms with Crippen molar-refractivity contribution in [2.75, 3.05) is 26.2 Å². The lowest BCUT2D eigenvalue weighted by atomic mass is 10.0. The van der Waals surface area contributed by atoms with E-state index in [4.69, 9.17) is 4.74 Å². The van der Waals surface area contributed by atoms with Crippen LogP contribution in [0.15, 0.2) is 0 Å². The Labute approximate surface area is 119 Å². The van der Waals surface area contributed by atoms with Crippen molar-refractivity contribution in [2.24, 2.45) is 0 Å². The molecular formula is C16H32N2O. The summed E-state index contributed by atoms with van der Waals surface area (Å²) >= 11 is 0. The zero-order valence-electron chi connectivity index (χ0n) is 13.1. The van der Waals surface area contributed by atoms with Crippen LogP contribution in [-0.2, 0) is 4.74 Å². The zero-order chi connectivity index (χ0) is 13.7. The van der Waals surface area contributed by atoms with E-state index in [1.54, 1.807) is 0 Å². The van der Waals surface area contributed by atoms with Gasteiger partial charge in [-0.3, -0.25) is 4.90 Å². The average molecular weight is 268 g/mol. The van der Waals surface area contributed by atoms with Crippen molar-refractivity contribution in [3.05, 3.63) is 0 Å². The molecule has 0 spiro atoms. The largest absolute Gasteiger partial charge is 0.371 e. The standard InChI is InChI=1S/C16H32N2O/c1-4-10-17-12-14-7-5-6-11-18(14)13-15-8-9-16(2,3)19-15/h14-15,17H,4-13H2,1-3H3. The third kappa shape index (κ3) is 4.73. The van der Waals surface area contributed by atoms with E-state index in [0.29, 0.717) is 6.10 Å². The van der Waals surface area contributed by atoms with Crippen LogP contribution < -0.4 is 5.32 Å². The lowest BCUT2D eigenvalue weighted by molar-refractivity contribution is -0.0371. The van der Waals surface area contributed by atoms with Crippen molar-refractivity contribution in [1.29, 1.82) is 0 Å². The van der Waals surface area contributed by atoms with Crippen LogP contribution in [0, 0.1) is 0 Å². The Morgan fingerprint density at radius 3 is 2.79 bits per heavy atom. The first-order chi connectivity index (χ1) is 9.11. The molecule has 1 N–H and O–H groups in total. The number of nitrogens with one attached hydrogen (secondary N) is 1. The summed E-state index contributed by atoms with van der Waals surface area (Å²) in [5.74, 6) is 0. The minimum Gasteiger partial charge on any atom is -0.371 e. The summed E-state index contributed by atoms with van der Waals surface area (Å²) in [6, 6.07) is 0.729. The number of ether oxygens (including phenoxy) is 1. The van der Waals surface area contributed by atoms with Crippen LogP contribution in [0.5, 0.6) is 0 Å². The minimum absolute atomic E-state index is 0.108. The Morgan fingerprint density at radius 2 is 2.11 bits per heavy atom. The molecule has 2 aliphatic heterocycles. The van der Waals surface area contributed by atoms with Crippen molar-refractivity contribution in [3.8, 4) is 0 Å². The maximum Gasteiger partial charge on any atom is 0.0710 e. The van der Waals surface area contributed by atoms with Crippen LogP contribution >= 0.6 is 0 Å². The topological polar surface area (TPSA) is 24.5 Å². The van der Waals surface area contributed by atoms with Gasteiger partial charge in [0.05, 0.1) is 11.7 Å². The summed E-state index contributed by atoms with van der Waals surface area (Å²) in [5, 5.41) is 3.59. The van der Waals surface area contributed by atoms with Crippen LogP contribution in [-0.4, -0.2) is 48.8 Å². The molecule has 2 unspecified atom stereocenters. The van der Waals surface area contributed by atoms with Crippen LogP contribution in [0.25, 0.3) is 0 Å². The lowest BCUT2D eigenvalue weighted by Crippen LogP contribution is -2.48. The van der Waals surface area contributed by atoms with E-state index in [2.05, 4.69) is 31.0 Å². The molecule has 19 heavy (non-hydrogen) atoms. The number of hydrogen-bond acceptors (Lipinski definition) is 3. The second-order valence-electron chi connectivity index (χ2n) is 6.89. The highest BCUT2D eigenvalue weighted by molar-refractivity contribution is 4.86. The van der Waals surface area contributed by atoms with E-state index in [9.17, 15) is 0 Å². The molecule has 2 fully saturated rings. The normalized spacial score (nSPS) is 31.7. The van der Waals surface area contributed by atoms with E-state index in [-0.39, 0.29) is 5.60 Å². The van der Waals surface area contributed by atoms with E-state index in [1.165, 1.54) is 45.1 Å². The lowest BCUT2D eigenvalue weighted by Gasteiger charge is -2.37. The SMILES string of the molecule is CCCNCC1CCCCN1CC1CCC(C)(C)O1. The molecule has 2 saturated heterocycles. The molecule has 2 aliphatic rings. The first-order valence-corrected chi connectivity index (χ1v) is 8.23. The van der Waals surface area contributed by atoms with Gasteiger partial charge in [0.15, 0.2) is 0 Å². The van der Waals surface area contributed by atoms with Crippen molar-refractivity contribution < 1.29 is 4.74 Å². The summed E-state index contributed by atoms with van der Waals surface area (Å²) in [7, 11) is 0. The van der Waals surface area contributed by atoms with Gasteiger partial charge < -0.3 is 10.1 Å². The third-order valence-electron chi connectivity index (χ3n) is 4.55. The smallest absolute Gasteiger partial charge is 0.0710 e. The van der Waals surface area contributed by atoms with Gasteiger partial charge in [0, 0.05) is 19.1 Å². The van der Waals surface area contributed by atoms with Gasteiger partial charge in [-0.25, -0.2) is 0 Å². The fourth-order valence-electron chi connectivity index (χ4n) is 3.44. The number of piperidine rings is 1. The first kappa shape index (κ1) is 15.3. The molecule has 2 rings (SSSR count). The maximum atomic E-state index is 6.16. The fraction of sp³-hybridized carbons (Fsp3) is 1.00. The Kier molecular flexibility index (Phi) is 5.67. The van der Waals surface area contributed by atoms with Gasteiger partial charge >= 0.3 is 0 Å². The highest BCUT2D eigenvalue weighted by Gasteiger charge is 2.34. The van der Waals surface area contributed by atoms with E-state index in [0.717, 1.165) is 25.7 Å². The van der Waals surface area contributed by atoms with Crippen LogP contribution in [0.4, 0.5) is 0 Å². The molecular weight excluding hydrogens is 236 g/mol. The predicted octanol–water partition coefficient (Wildman–Crippen LogP) is 2.80. The first-order valence-electron chi connectivity index (χ1n) is 8.23. The van der Waals surface area contributed by atoms with Crippen LogP contribution in [0.1, 0.15) is 59.3 Å². The average Bonchev–Trinajstić information content (AvgIpc) is 2.71. The Balaban J connectivity index is 1.79. The van der Waals surface area contributed by atoms with E-state index in [1.807, 2.05) is 0 Å². The summed E-state index contributed by atoms with van der Waals surface area (Å²) in [4.78, 5) is 2.68. The van der Waals surface area contributed by atoms with Gasteiger partial charge in [-0.1, -0.05) is 13.3 Å². The van der Waals surface area contributed by atoms with Crippen molar-refractivity contribution in [3.63, 3.8) is 0 Å². The van der Waals surface area contributed by atoms with Crippen LogP contribution in [0.3, 0.4) is 0 Å². The van der Waals surface area contributed by atoms with Gasteiger partial charge in [-0.2, -0.15) is 0 Å². The summed E-state index contributed by atoms with van der Waals surface area (Å²) < 4.78 is 6.16. The van der Waals surface area contributed by atoms with Crippen molar-refractivity contribution in [2.45, 2.75) is 77.0 Å². The second-order valence-corrected chi connectivity index (χ2v) is 6.89. The zero-order valence-corrected chi connectivity index (χ0v) is 13.1. The molecule has 0 bridgehead atoms. The molecule has 3 nitrogen and oxygen atoms in total. The Hall–Kier alpha value is -0.120. The van der Waals surface area contributed by atoms with Gasteiger partial charge in [0.1, 0.15) is 0 Å². The summed E-state index contributed by atoms with van der Waals surface area (Å²) in [6.07, 6.45) is 8.25. The third-order valence-corrected chi connectivity index (χ3v) is 4.55. The Bertz CT molecular complexity index is 267. The number of hydrogen-bond donors (Lipinski definition) is 1. The molecule has 0 aromatic carbocycles. The van der Waals surface area contributed by atoms with Crippen molar-refractivity contribution in [1.82, 2.24) is 10.2 Å². The summed E-state index contributed by atoms with van der Waals surface area (Å²) in [5.41, 5.74) is 0.108. The van der Waals surface area contributed by atoms with Gasteiger partial charge in [0.25, 0.3) is 0 Å². The van der Waals surface area contributed by atoms with Gasteiger partial charge in [-0.15, -0.1) is 0 Å². The van der Waals surface area contributed by atoms with E-state index < -0.39 is 0 Å². The molecule has 112 valence electrons. The molecule has 2 atom stereocenters. The highest BCUT2D eigenvalue weighted by Crippen LogP contribution is 2.30. The molecule has 0 amide bonds. The second kappa shape index (κ2) is 7.05. The Morgan fingerprint density at radius 1 is 1.26 bits per heavy atom. The van der Waals surface area contributed by atoms with Crippen LogP contribution in [0.2, 0.25) is 0 Å². The molecule has 0 aliphatic carbocycles. The molecule has 3 heteroatoms. The molecule has 0 radical (unpaired) electrons. The summed E-state index contributed by atoms with van der Waals surface area (Å²) in [6.45, 7) is 11.4. The molecule has 2 heterocycles. The number of likely N-dealkylation sites (tertiary alicyclic amines) is 1. The van der Waals surface area contributed by atoms with Gasteiger partial charge in [0.2, 0.25) is 0 Å². The van der Waals surface area contributed by atoms with Crippen molar-refractivity contribution >= 4 is 0 Å². The maximum absolute atomic E-state index is 6.16. The number of rotatable bonds is 6. The molecule has 0 aromatic heterocycles. The fourth-order valence-corrected chi connectivity index (χ4v) is 3.44. The minimum atomic E-state index is 0.108. The van der Waals surface area contributed by atoms with E-state index >= 15 is 0 Å². The number of nitrogens with zero attached hydrogens (tertiary/aromatic N) is 1.